The number of nitrogens with two attached hydrogens (primary N) is 1. The third-order valence-corrected chi connectivity index (χ3v) is 4.03. The van der Waals surface area contributed by atoms with Crippen LogP contribution in [0.4, 0.5) is 5.69 Å². The molecule has 2 N–H and O–H groups in total. The average Bonchev–Trinajstić information content (AvgIpc) is 2.45. The summed E-state index contributed by atoms with van der Waals surface area (Å²) in [4.78, 5) is 7.28. The Hall–Kier alpha value is -1.10. The Morgan fingerprint density at radius 1 is 1.15 bits per heavy atom. The maximum atomic E-state index is 5.89. The molecule has 0 radical (unpaired) electrons. The smallest absolute Gasteiger partial charge is 0.0412 e. The van der Waals surface area contributed by atoms with Gasteiger partial charge >= 0.3 is 0 Å². The van der Waals surface area contributed by atoms with Crippen molar-refractivity contribution in [2.45, 2.75) is 13.5 Å². The van der Waals surface area contributed by atoms with Gasteiger partial charge in [-0.3, -0.25) is 4.90 Å². The Labute approximate surface area is 123 Å². The first-order valence-electron chi connectivity index (χ1n) is 7.52. The summed E-state index contributed by atoms with van der Waals surface area (Å²) < 4.78 is 0. The second kappa shape index (κ2) is 7.07. The van der Waals surface area contributed by atoms with E-state index in [1.807, 2.05) is 0 Å². The van der Waals surface area contributed by atoms with E-state index in [4.69, 9.17) is 5.73 Å². The van der Waals surface area contributed by atoms with Crippen LogP contribution in [0.25, 0.3) is 0 Å². The van der Waals surface area contributed by atoms with E-state index in [2.05, 4.69) is 53.9 Å². The molecule has 1 heterocycles. The number of piperazine rings is 1. The molecular weight excluding hydrogens is 248 g/mol. The molecule has 0 atom stereocenters. The minimum atomic E-state index is 0.623. The van der Waals surface area contributed by atoms with Crippen LogP contribution in [0.3, 0.4) is 0 Å². The van der Waals surface area contributed by atoms with Crippen molar-refractivity contribution in [3.8, 4) is 0 Å². The highest BCUT2D eigenvalue weighted by molar-refractivity contribution is 5.55. The first-order chi connectivity index (χ1) is 9.60. The van der Waals surface area contributed by atoms with Crippen molar-refractivity contribution in [1.29, 1.82) is 0 Å². The quantitative estimate of drug-likeness (QED) is 0.875. The summed E-state index contributed by atoms with van der Waals surface area (Å²) in [5.74, 6) is 0. The summed E-state index contributed by atoms with van der Waals surface area (Å²) in [6, 6.07) is 6.63. The summed E-state index contributed by atoms with van der Waals surface area (Å²) in [5.41, 5.74) is 9.78. The second-order valence-corrected chi connectivity index (χ2v) is 5.97. The molecule has 0 aliphatic carbocycles. The van der Waals surface area contributed by atoms with Crippen molar-refractivity contribution in [2.75, 3.05) is 58.3 Å². The summed E-state index contributed by atoms with van der Waals surface area (Å²) in [5, 5.41) is 0. The highest BCUT2D eigenvalue weighted by Gasteiger charge is 2.18. The van der Waals surface area contributed by atoms with Crippen LogP contribution in [-0.4, -0.2) is 63.2 Å². The second-order valence-electron chi connectivity index (χ2n) is 5.97. The number of hydrogen-bond donors (Lipinski definition) is 1. The fourth-order valence-electron chi connectivity index (χ4n) is 2.74. The van der Waals surface area contributed by atoms with E-state index in [9.17, 15) is 0 Å². The molecule has 0 spiro atoms. The summed E-state index contributed by atoms with van der Waals surface area (Å²) in [6.07, 6.45) is 0. The monoisotopic (exact) mass is 276 g/mol. The van der Waals surface area contributed by atoms with Crippen molar-refractivity contribution in [3.05, 3.63) is 29.3 Å². The first-order valence-corrected chi connectivity index (χ1v) is 7.52. The van der Waals surface area contributed by atoms with Crippen LogP contribution >= 0.6 is 0 Å². The molecule has 1 fully saturated rings. The zero-order chi connectivity index (χ0) is 14.5. The van der Waals surface area contributed by atoms with E-state index in [1.165, 1.54) is 23.4 Å². The number of hydrogen-bond acceptors (Lipinski definition) is 4. The zero-order valence-corrected chi connectivity index (χ0v) is 13.1. The predicted octanol–water partition coefficient (Wildman–Crippen LogP) is 1.14. The van der Waals surface area contributed by atoms with Gasteiger partial charge in [0.25, 0.3) is 0 Å². The Morgan fingerprint density at radius 2 is 1.85 bits per heavy atom. The van der Waals surface area contributed by atoms with Crippen molar-refractivity contribution in [1.82, 2.24) is 9.80 Å². The molecule has 0 unspecified atom stereocenters. The molecule has 0 bridgehead atoms. The highest BCUT2D eigenvalue weighted by Crippen LogP contribution is 2.23. The van der Waals surface area contributed by atoms with Gasteiger partial charge in [-0.25, -0.2) is 0 Å². The molecule has 0 aromatic heterocycles. The number of benzene rings is 1. The van der Waals surface area contributed by atoms with Crippen LogP contribution < -0.4 is 10.6 Å². The van der Waals surface area contributed by atoms with Crippen LogP contribution in [0.15, 0.2) is 18.2 Å². The lowest BCUT2D eigenvalue weighted by molar-refractivity contribution is 0.229. The van der Waals surface area contributed by atoms with Gasteiger partial charge in [-0.2, -0.15) is 0 Å². The molecule has 0 saturated carbocycles. The lowest BCUT2D eigenvalue weighted by atomic mass is 10.1. The van der Waals surface area contributed by atoms with Gasteiger partial charge in [-0.05, 0) is 32.6 Å². The molecule has 112 valence electrons. The largest absolute Gasteiger partial charge is 0.369 e. The van der Waals surface area contributed by atoms with Crippen LogP contribution in [0, 0.1) is 6.92 Å². The third-order valence-electron chi connectivity index (χ3n) is 4.03. The van der Waals surface area contributed by atoms with E-state index in [-0.39, 0.29) is 0 Å². The molecule has 1 aromatic rings. The standard InChI is InChI=1S/C16H28N4/c1-14-4-5-16(15(12-14)13-17)20-10-8-19(9-11-20)7-6-18(2)3/h4-5,12H,6-11,13,17H2,1-3H3. The maximum absolute atomic E-state index is 5.89. The minimum absolute atomic E-state index is 0.623. The lowest BCUT2D eigenvalue weighted by Crippen LogP contribution is -2.48. The third kappa shape index (κ3) is 3.95. The van der Waals surface area contributed by atoms with Crippen LogP contribution in [0.1, 0.15) is 11.1 Å². The van der Waals surface area contributed by atoms with Gasteiger partial charge in [-0.15, -0.1) is 0 Å². The van der Waals surface area contributed by atoms with E-state index in [0.717, 1.165) is 32.7 Å². The van der Waals surface area contributed by atoms with Crippen molar-refractivity contribution in [3.63, 3.8) is 0 Å². The SMILES string of the molecule is Cc1ccc(N2CCN(CCN(C)C)CC2)c(CN)c1. The normalized spacial score (nSPS) is 16.9. The summed E-state index contributed by atoms with van der Waals surface area (Å²) in [6.45, 7) is 9.54. The molecule has 1 aliphatic rings. The van der Waals surface area contributed by atoms with Crippen molar-refractivity contribution < 1.29 is 0 Å². The Morgan fingerprint density at radius 3 is 2.45 bits per heavy atom. The summed E-state index contributed by atoms with van der Waals surface area (Å²) in [7, 11) is 4.27. The van der Waals surface area contributed by atoms with Crippen LogP contribution in [0.2, 0.25) is 0 Å². The number of nitrogens with zero attached hydrogens (tertiary/aromatic N) is 3. The predicted molar refractivity (Wildman–Crippen MR) is 86.3 cm³/mol. The number of aryl methyl sites for hydroxylation is 1. The number of anilines is 1. The van der Waals surface area contributed by atoms with Crippen LogP contribution in [-0.2, 0) is 6.54 Å². The van der Waals surface area contributed by atoms with Crippen LogP contribution in [0.5, 0.6) is 0 Å². The van der Waals surface area contributed by atoms with E-state index >= 15 is 0 Å². The fourth-order valence-corrected chi connectivity index (χ4v) is 2.74. The van der Waals surface area contributed by atoms with Gasteiger partial charge in [-0.1, -0.05) is 17.7 Å². The van der Waals surface area contributed by atoms with Gasteiger partial charge in [0.1, 0.15) is 0 Å². The molecule has 1 aromatic carbocycles. The zero-order valence-electron chi connectivity index (χ0n) is 13.1. The molecule has 4 heteroatoms. The fraction of sp³-hybridized carbons (Fsp3) is 0.625. The van der Waals surface area contributed by atoms with Gasteiger partial charge in [0.15, 0.2) is 0 Å². The Balaban J connectivity index is 1.93. The van der Waals surface area contributed by atoms with Gasteiger partial charge in [0, 0.05) is 51.5 Å². The molecule has 0 amide bonds. The van der Waals surface area contributed by atoms with Gasteiger partial charge in [0.2, 0.25) is 0 Å². The molecular formula is C16H28N4. The van der Waals surface area contributed by atoms with E-state index in [1.54, 1.807) is 0 Å². The first kappa shape index (κ1) is 15.3. The Kier molecular flexibility index (Phi) is 5.40. The molecule has 4 nitrogen and oxygen atoms in total. The average molecular weight is 276 g/mol. The van der Waals surface area contributed by atoms with Gasteiger partial charge < -0.3 is 15.5 Å². The van der Waals surface area contributed by atoms with Gasteiger partial charge in [0.05, 0.1) is 0 Å². The maximum Gasteiger partial charge on any atom is 0.0412 e. The van der Waals surface area contributed by atoms with E-state index in [0.29, 0.717) is 6.54 Å². The number of likely N-dealkylation sites (N-methyl/N-ethyl adjacent to an activating group) is 1. The molecule has 2 rings (SSSR count). The van der Waals surface area contributed by atoms with Crippen molar-refractivity contribution in [2.24, 2.45) is 5.73 Å². The minimum Gasteiger partial charge on any atom is -0.369 e. The number of rotatable bonds is 5. The van der Waals surface area contributed by atoms with E-state index < -0.39 is 0 Å². The van der Waals surface area contributed by atoms with Crippen molar-refractivity contribution >= 4 is 5.69 Å². The Bertz CT molecular complexity index is 422. The lowest BCUT2D eigenvalue weighted by Gasteiger charge is -2.37. The topological polar surface area (TPSA) is 35.7 Å². The highest BCUT2D eigenvalue weighted by atomic mass is 15.3. The molecule has 1 saturated heterocycles. The molecule has 20 heavy (non-hydrogen) atoms. The summed E-state index contributed by atoms with van der Waals surface area (Å²) >= 11 is 0. The molecule has 1 aliphatic heterocycles.